The molecule has 0 radical (unpaired) electrons. The Morgan fingerprint density at radius 1 is 1.00 bits per heavy atom. The molecule has 0 saturated carbocycles. The topological polar surface area (TPSA) is 66.6 Å². The van der Waals surface area contributed by atoms with Crippen LogP contribution in [0.3, 0.4) is 0 Å². The molecule has 21 heavy (non-hydrogen) atoms. The zero-order valence-corrected chi connectivity index (χ0v) is 12.5. The third-order valence-corrected chi connectivity index (χ3v) is 3.30. The Bertz CT molecular complexity index is 585. The number of aromatic nitrogens is 1. The van der Waals surface area contributed by atoms with Gasteiger partial charge in [-0.3, -0.25) is 0 Å². The predicted molar refractivity (Wildman–Crippen MR) is 81.0 cm³/mol. The highest BCUT2D eigenvalue weighted by atomic mass is 16.5. The van der Waals surface area contributed by atoms with E-state index in [1.165, 1.54) is 0 Å². The van der Waals surface area contributed by atoms with Crippen molar-refractivity contribution in [1.82, 2.24) is 4.98 Å². The molecular formula is C16H20N2O3. The van der Waals surface area contributed by atoms with Crippen LogP contribution < -0.4 is 19.9 Å². The van der Waals surface area contributed by atoms with E-state index in [0.29, 0.717) is 23.8 Å². The minimum absolute atomic E-state index is 0.139. The van der Waals surface area contributed by atoms with Crippen molar-refractivity contribution in [2.24, 2.45) is 5.73 Å². The van der Waals surface area contributed by atoms with Crippen molar-refractivity contribution in [1.29, 1.82) is 0 Å². The minimum Gasteiger partial charge on any atom is -0.493 e. The molecule has 5 heteroatoms. The first-order chi connectivity index (χ1) is 10.2. The minimum atomic E-state index is -0.139. The molecule has 0 saturated heterocycles. The first kappa shape index (κ1) is 15.1. The lowest BCUT2D eigenvalue weighted by Gasteiger charge is -2.15. The molecule has 0 fully saturated rings. The predicted octanol–water partition coefficient (Wildman–Crippen LogP) is 2.35. The number of rotatable bonds is 6. The summed E-state index contributed by atoms with van der Waals surface area (Å²) in [5.41, 5.74) is 8.30. The van der Waals surface area contributed by atoms with Gasteiger partial charge in [-0.1, -0.05) is 12.1 Å². The van der Waals surface area contributed by atoms with Crippen LogP contribution in [-0.4, -0.2) is 26.3 Å². The van der Waals surface area contributed by atoms with E-state index < -0.39 is 0 Å². The van der Waals surface area contributed by atoms with Crippen molar-refractivity contribution in [3.8, 4) is 17.4 Å². The van der Waals surface area contributed by atoms with Crippen LogP contribution in [0.5, 0.6) is 17.4 Å². The Morgan fingerprint density at radius 2 is 1.76 bits per heavy atom. The summed E-state index contributed by atoms with van der Waals surface area (Å²) in [6, 6.07) is 9.37. The third kappa shape index (κ3) is 3.64. The van der Waals surface area contributed by atoms with E-state index in [0.717, 1.165) is 11.1 Å². The third-order valence-electron chi connectivity index (χ3n) is 3.30. The van der Waals surface area contributed by atoms with Crippen LogP contribution in [-0.2, 0) is 6.42 Å². The molecule has 0 bridgehead atoms. The summed E-state index contributed by atoms with van der Waals surface area (Å²) in [7, 11) is 4.82. The molecular weight excluding hydrogens is 268 g/mol. The quantitative estimate of drug-likeness (QED) is 0.883. The van der Waals surface area contributed by atoms with Gasteiger partial charge in [0, 0.05) is 18.3 Å². The van der Waals surface area contributed by atoms with Gasteiger partial charge in [0.05, 0.1) is 21.3 Å². The Balaban J connectivity index is 2.13. The fourth-order valence-electron chi connectivity index (χ4n) is 2.11. The fraction of sp³-hybridized carbons (Fsp3) is 0.312. The molecule has 5 nitrogen and oxygen atoms in total. The molecule has 2 N–H and O–H groups in total. The zero-order chi connectivity index (χ0) is 15.2. The molecule has 2 aromatic rings. The van der Waals surface area contributed by atoms with E-state index in [1.54, 1.807) is 27.5 Å². The van der Waals surface area contributed by atoms with E-state index in [-0.39, 0.29) is 6.04 Å². The number of methoxy groups -OCH3 is 3. The summed E-state index contributed by atoms with van der Waals surface area (Å²) < 4.78 is 15.6. The molecule has 1 atom stereocenters. The normalized spacial score (nSPS) is 11.8. The second-order valence-corrected chi connectivity index (χ2v) is 4.63. The highest BCUT2D eigenvalue weighted by Crippen LogP contribution is 2.30. The number of hydrogen-bond donors (Lipinski definition) is 1. The van der Waals surface area contributed by atoms with Gasteiger partial charge in [-0.25, -0.2) is 4.98 Å². The highest BCUT2D eigenvalue weighted by molar-refractivity contribution is 5.44. The molecule has 1 aromatic carbocycles. The van der Waals surface area contributed by atoms with Crippen LogP contribution in [0.4, 0.5) is 0 Å². The average molecular weight is 288 g/mol. The Labute approximate surface area is 124 Å². The average Bonchev–Trinajstić information content (AvgIpc) is 2.54. The number of benzene rings is 1. The van der Waals surface area contributed by atoms with Crippen LogP contribution in [0.15, 0.2) is 36.5 Å². The molecule has 0 aliphatic carbocycles. The zero-order valence-electron chi connectivity index (χ0n) is 12.5. The number of hydrogen-bond acceptors (Lipinski definition) is 5. The van der Waals surface area contributed by atoms with Gasteiger partial charge >= 0.3 is 0 Å². The molecule has 112 valence electrons. The van der Waals surface area contributed by atoms with E-state index in [4.69, 9.17) is 19.9 Å². The Morgan fingerprint density at radius 3 is 2.33 bits per heavy atom. The van der Waals surface area contributed by atoms with Crippen molar-refractivity contribution in [3.05, 3.63) is 47.7 Å². The van der Waals surface area contributed by atoms with E-state index in [1.807, 2.05) is 30.3 Å². The number of nitrogens with zero attached hydrogens (tertiary/aromatic N) is 1. The fourth-order valence-corrected chi connectivity index (χ4v) is 2.11. The lowest BCUT2D eigenvalue weighted by Crippen LogP contribution is -2.13. The van der Waals surface area contributed by atoms with Crippen molar-refractivity contribution >= 4 is 0 Å². The highest BCUT2D eigenvalue weighted by Gasteiger charge is 2.11. The summed E-state index contributed by atoms with van der Waals surface area (Å²) in [6.45, 7) is 0. The standard InChI is InChI=1S/C16H20N2O3/c1-19-14-6-5-12(9-15(14)20-2)13(17)8-11-4-7-16(21-3)18-10-11/h4-7,9-10,13H,8,17H2,1-3H3. The maximum atomic E-state index is 6.26. The van der Waals surface area contributed by atoms with Gasteiger partial charge in [0.2, 0.25) is 5.88 Å². The second kappa shape index (κ2) is 6.95. The first-order valence-corrected chi connectivity index (χ1v) is 6.64. The van der Waals surface area contributed by atoms with Gasteiger partial charge in [0.15, 0.2) is 11.5 Å². The van der Waals surface area contributed by atoms with Gasteiger partial charge < -0.3 is 19.9 Å². The smallest absolute Gasteiger partial charge is 0.212 e. The first-order valence-electron chi connectivity index (χ1n) is 6.64. The molecule has 0 aliphatic rings. The van der Waals surface area contributed by atoms with Crippen LogP contribution in [0.1, 0.15) is 17.2 Å². The SMILES string of the molecule is COc1ccc(CC(N)c2ccc(OC)c(OC)c2)cn1. The van der Waals surface area contributed by atoms with Crippen molar-refractivity contribution in [3.63, 3.8) is 0 Å². The van der Waals surface area contributed by atoms with Crippen LogP contribution in [0.2, 0.25) is 0 Å². The molecule has 1 unspecified atom stereocenters. The number of ether oxygens (including phenoxy) is 3. The maximum absolute atomic E-state index is 6.26. The number of nitrogens with two attached hydrogens (primary N) is 1. The Kier molecular flexibility index (Phi) is 5.00. The van der Waals surface area contributed by atoms with Gasteiger partial charge in [0.25, 0.3) is 0 Å². The Hall–Kier alpha value is -2.27. The molecule has 2 rings (SSSR count). The van der Waals surface area contributed by atoms with E-state index in [9.17, 15) is 0 Å². The van der Waals surface area contributed by atoms with Gasteiger partial charge in [-0.2, -0.15) is 0 Å². The summed E-state index contributed by atoms with van der Waals surface area (Å²) in [5, 5.41) is 0. The summed E-state index contributed by atoms with van der Waals surface area (Å²) in [4.78, 5) is 4.18. The van der Waals surface area contributed by atoms with Crippen molar-refractivity contribution in [2.75, 3.05) is 21.3 Å². The number of pyridine rings is 1. The van der Waals surface area contributed by atoms with E-state index >= 15 is 0 Å². The van der Waals surface area contributed by atoms with Crippen LogP contribution >= 0.6 is 0 Å². The van der Waals surface area contributed by atoms with Crippen molar-refractivity contribution < 1.29 is 14.2 Å². The molecule has 1 aromatic heterocycles. The van der Waals surface area contributed by atoms with Crippen LogP contribution in [0, 0.1) is 0 Å². The largest absolute Gasteiger partial charge is 0.493 e. The lowest BCUT2D eigenvalue weighted by atomic mass is 10.0. The van der Waals surface area contributed by atoms with Gasteiger partial charge in [-0.05, 0) is 29.7 Å². The molecule has 0 aliphatic heterocycles. The molecule has 0 spiro atoms. The summed E-state index contributed by atoms with van der Waals surface area (Å²) >= 11 is 0. The van der Waals surface area contributed by atoms with Gasteiger partial charge in [-0.15, -0.1) is 0 Å². The lowest BCUT2D eigenvalue weighted by molar-refractivity contribution is 0.354. The van der Waals surface area contributed by atoms with Gasteiger partial charge in [0.1, 0.15) is 0 Å². The van der Waals surface area contributed by atoms with Crippen LogP contribution in [0.25, 0.3) is 0 Å². The van der Waals surface area contributed by atoms with E-state index in [2.05, 4.69) is 4.98 Å². The van der Waals surface area contributed by atoms with Crippen molar-refractivity contribution in [2.45, 2.75) is 12.5 Å². The summed E-state index contributed by atoms with van der Waals surface area (Å²) in [6.07, 6.45) is 2.46. The monoisotopic (exact) mass is 288 g/mol. The second-order valence-electron chi connectivity index (χ2n) is 4.63. The summed E-state index contributed by atoms with van der Waals surface area (Å²) in [5.74, 6) is 1.97. The molecule has 1 heterocycles. The maximum Gasteiger partial charge on any atom is 0.212 e. The molecule has 0 amide bonds.